The molecule has 0 bridgehead atoms. The minimum absolute atomic E-state index is 0.219. The molecule has 20 heavy (non-hydrogen) atoms. The predicted octanol–water partition coefficient (Wildman–Crippen LogP) is 1.86. The molecule has 0 atom stereocenters. The number of benzene rings is 1. The quantitative estimate of drug-likeness (QED) is 0.831. The fourth-order valence-electron chi connectivity index (χ4n) is 1.80. The monoisotopic (exact) mass is 277 g/mol. The van der Waals surface area contributed by atoms with Crippen LogP contribution in [0.25, 0.3) is 0 Å². The third-order valence-corrected chi connectivity index (χ3v) is 2.66. The molecule has 6 heteroatoms. The van der Waals surface area contributed by atoms with Crippen LogP contribution in [0.3, 0.4) is 0 Å². The van der Waals surface area contributed by atoms with Gasteiger partial charge in [-0.15, -0.1) is 10.2 Å². The fraction of sp³-hybridized carbons (Fsp3) is 0.429. The second-order valence-corrected chi connectivity index (χ2v) is 4.26. The number of aryl methyl sites for hydroxylation is 1. The van der Waals surface area contributed by atoms with Gasteiger partial charge in [-0.2, -0.15) is 0 Å². The largest absolute Gasteiger partial charge is 0.490 e. The molecule has 0 aliphatic rings. The fourth-order valence-corrected chi connectivity index (χ4v) is 1.80. The van der Waals surface area contributed by atoms with Gasteiger partial charge in [-0.3, -0.25) is 0 Å². The Morgan fingerprint density at radius 2 is 2.05 bits per heavy atom. The molecule has 0 radical (unpaired) electrons. The smallest absolute Gasteiger partial charge is 0.253 e. The third kappa shape index (κ3) is 3.71. The van der Waals surface area contributed by atoms with Gasteiger partial charge in [-0.05, 0) is 37.6 Å². The first-order valence-electron chi connectivity index (χ1n) is 6.60. The molecule has 1 aromatic heterocycles. The first-order valence-corrected chi connectivity index (χ1v) is 6.60. The molecule has 0 saturated carbocycles. The molecular weight excluding hydrogens is 258 g/mol. The lowest BCUT2D eigenvalue weighted by atomic mass is 10.1. The van der Waals surface area contributed by atoms with Gasteiger partial charge < -0.3 is 19.6 Å². The lowest BCUT2D eigenvalue weighted by Gasteiger charge is -2.12. The van der Waals surface area contributed by atoms with E-state index in [0.29, 0.717) is 36.4 Å². The lowest BCUT2D eigenvalue weighted by Crippen LogP contribution is -2.04. The third-order valence-electron chi connectivity index (χ3n) is 2.66. The van der Waals surface area contributed by atoms with E-state index in [2.05, 4.69) is 10.2 Å². The average Bonchev–Trinajstić information content (AvgIpc) is 2.84. The maximum absolute atomic E-state index is 5.67. The van der Waals surface area contributed by atoms with Crippen molar-refractivity contribution >= 4 is 0 Å². The molecule has 2 aromatic rings. The van der Waals surface area contributed by atoms with Gasteiger partial charge in [0.2, 0.25) is 5.89 Å². The van der Waals surface area contributed by atoms with Gasteiger partial charge >= 0.3 is 0 Å². The molecule has 0 unspecified atom stereocenters. The highest BCUT2D eigenvalue weighted by atomic mass is 16.5. The molecule has 0 spiro atoms. The van der Waals surface area contributed by atoms with E-state index < -0.39 is 0 Å². The molecule has 0 fully saturated rings. The second kappa shape index (κ2) is 6.91. The van der Waals surface area contributed by atoms with Crippen LogP contribution < -0.4 is 15.2 Å². The summed E-state index contributed by atoms with van der Waals surface area (Å²) in [4.78, 5) is 0. The summed E-state index contributed by atoms with van der Waals surface area (Å²) in [7, 11) is 0. The second-order valence-electron chi connectivity index (χ2n) is 4.26. The number of aromatic nitrogens is 2. The van der Waals surface area contributed by atoms with Crippen molar-refractivity contribution in [1.82, 2.24) is 10.2 Å². The number of nitrogens with two attached hydrogens (primary N) is 1. The highest BCUT2D eigenvalue weighted by Gasteiger charge is 2.09. The van der Waals surface area contributed by atoms with E-state index in [-0.39, 0.29) is 6.61 Å². The Hall–Kier alpha value is -2.08. The first-order chi connectivity index (χ1) is 9.72. The standard InChI is InChI=1S/C14H19N3O3/c1-3-18-13-8-11(6-7-15)4-5-12(13)19-9-14-17-16-10(2)20-14/h4-5,8H,3,6-7,9,15H2,1-2H3. The molecule has 1 aromatic carbocycles. The Labute approximate surface area is 117 Å². The number of hydrogen-bond donors (Lipinski definition) is 1. The van der Waals surface area contributed by atoms with Crippen LogP contribution >= 0.6 is 0 Å². The summed E-state index contributed by atoms with van der Waals surface area (Å²) in [6, 6.07) is 5.80. The summed E-state index contributed by atoms with van der Waals surface area (Å²) in [5.74, 6) is 2.32. The molecular formula is C14H19N3O3. The Morgan fingerprint density at radius 1 is 1.20 bits per heavy atom. The Bertz CT molecular complexity index is 554. The van der Waals surface area contributed by atoms with Crippen molar-refractivity contribution < 1.29 is 13.9 Å². The summed E-state index contributed by atoms with van der Waals surface area (Å²) >= 11 is 0. The van der Waals surface area contributed by atoms with Crippen LogP contribution in [0.4, 0.5) is 0 Å². The van der Waals surface area contributed by atoms with E-state index in [1.807, 2.05) is 25.1 Å². The predicted molar refractivity (Wildman–Crippen MR) is 73.7 cm³/mol. The van der Waals surface area contributed by atoms with Crippen molar-refractivity contribution in [2.45, 2.75) is 26.9 Å². The van der Waals surface area contributed by atoms with E-state index in [0.717, 1.165) is 12.0 Å². The molecule has 2 N–H and O–H groups in total. The summed E-state index contributed by atoms with van der Waals surface area (Å²) in [5, 5.41) is 7.64. The Balaban J connectivity index is 2.09. The van der Waals surface area contributed by atoms with Gasteiger partial charge in [0.1, 0.15) is 0 Å². The van der Waals surface area contributed by atoms with Gasteiger partial charge in [-0.1, -0.05) is 6.07 Å². The average molecular weight is 277 g/mol. The van der Waals surface area contributed by atoms with Crippen LogP contribution in [0.5, 0.6) is 11.5 Å². The molecule has 1 heterocycles. The van der Waals surface area contributed by atoms with E-state index >= 15 is 0 Å². The highest BCUT2D eigenvalue weighted by molar-refractivity contribution is 5.43. The number of ether oxygens (including phenoxy) is 2. The number of hydrogen-bond acceptors (Lipinski definition) is 6. The topological polar surface area (TPSA) is 83.4 Å². The number of rotatable bonds is 7. The molecule has 0 aliphatic carbocycles. The van der Waals surface area contributed by atoms with Crippen molar-refractivity contribution in [2.24, 2.45) is 5.73 Å². The minimum Gasteiger partial charge on any atom is -0.490 e. The molecule has 2 rings (SSSR count). The van der Waals surface area contributed by atoms with Crippen molar-refractivity contribution in [1.29, 1.82) is 0 Å². The summed E-state index contributed by atoms with van der Waals surface area (Å²) in [6.45, 7) is 5.07. The van der Waals surface area contributed by atoms with Crippen LogP contribution in [-0.2, 0) is 13.0 Å². The van der Waals surface area contributed by atoms with Gasteiger partial charge in [0.05, 0.1) is 6.61 Å². The van der Waals surface area contributed by atoms with Crippen molar-refractivity contribution in [3.05, 3.63) is 35.5 Å². The Kier molecular flexibility index (Phi) is 4.95. The summed E-state index contributed by atoms with van der Waals surface area (Å²) in [6.07, 6.45) is 0.809. The molecule has 6 nitrogen and oxygen atoms in total. The van der Waals surface area contributed by atoms with E-state index in [9.17, 15) is 0 Å². The Morgan fingerprint density at radius 3 is 2.70 bits per heavy atom. The zero-order valence-electron chi connectivity index (χ0n) is 11.8. The molecule has 0 saturated heterocycles. The molecule has 108 valence electrons. The normalized spacial score (nSPS) is 10.6. The zero-order valence-corrected chi connectivity index (χ0v) is 11.8. The first kappa shape index (κ1) is 14.3. The van der Waals surface area contributed by atoms with Gasteiger partial charge in [0, 0.05) is 6.92 Å². The van der Waals surface area contributed by atoms with Crippen molar-refractivity contribution in [3.8, 4) is 11.5 Å². The van der Waals surface area contributed by atoms with E-state index in [1.54, 1.807) is 6.92 Å². The van der Waals surface area contributed by atoms with E-state index in [4.69, 9.17) is 19.6 Å². The lowest BCUT2D eigenvalue weighted by molar-refractivity contribution is 0.240. The van der Waals surface area contributed by atoms with Crippen LogP contribution in [0.15, 0.2) is 22.6 Å². The zero-order chi connectivity index (χ0) is 14.4. The van der Waals surface area contributed by atoms with Crippen LogP contribution in [0, 0.1) is 6.92 Å². The van der Waals surface area contributed by atoms with E-state index in [1.165, 1.54) is 0 Å². The van der Waals surface area contributed by atoms with Gasteiger partial charge in [0.25, 0.3) is 5.89 Å². The maximum atomic E-state index is 5.67. The van der Waals surface area contributed by atoms with Crippen LogP contribution in [0.2, 0.25) is 0 Å². The molecule has 0 amide bonds. The van der Waals surface area contributed by atoms with Crippen LogP contribution in [-0.4, -0.2) is 23.3 Å². The van der Waals surface area contributed by atoms with Gasteiger partial charge in [-0.25, -0.2) is 0 Å². The van der Waals surface area contributed by atoms with Crippen molar-refractivity contribution in [3.63, 3.8) is 0 Å². The summed E-state index contributed by atoms with van der Waals surface area (Å²) in [5.41, 5.74) is 6.68. The van der Waals surface area contributed by atoms with Crippen molar-refractivity contribution in [2.75, 3.05) is 13.2 Å². The van der Waals surface area contributed by atoms with Crippen LogP contribution in [0.1, 0.15) is 24.3 Å². The number of nitrogens with zero attached hydrogens (tertiary/aromatic N) is 2. The van der Waals surface area contributed by atoms with Gasteiger partial charge in [0.15, 0.2) is 18.1 Å². The molecule has 0 aliphatic heterocycles. The maximum Gasteiger partial charge on any atom is 0.253 e. The SMILES string of the molecule is CCOc1cc(CCN)ccc1OCc1nnc(C)o1. The minimum atomic E-state index is 0.219. The summed E-state index contributed by atoms with van der Waals surface area (Å²) < 4.78 is 16.5. The highest BCUT2D eigenvalue weighted by Crippen LogP contribution is 2.29.